The van der Waals surface area contributed by atoms with E-state index in [1.807, 2.05) is 0 Å². The summed E-state index contributed by atoms with van der Waals surface area (Å²) in [7, 11) is 0. The fourth-order valence-electron chi connectivity index (χ4n) is 3.38. The maximum Gasteiger partial charge on any atom is 0.00767 e. The van der Waals surface area contributed by atoms with E-state index in [-0.39, 0.29) is 0 Å². The molecule has 0 aromatic carbocycles. The summed E-state index contributed by atoms with van der Waals surface area (Å²) in [6.45, 7) is 18.0. The van der Waals surface area contributed by atoms with E-state index < -0.39 is 0 Å². The molecule has 0 aromatic rings. The highest BCUT2D eigenvalue weighted by Crippen LogP contribution is 1.81. The summed E-state index contributed by atoms with van der Waals surface area (Å²) in [6.07, 6.45) is 7.39. The maximum absolute atomic E-state index is 3.46. The van der Waals surface area contributed by atoms with E-state index in [4.69, 9.17) is 0 Å². The summed E-state index contributed by atoms with van der Waals surface area (Å²) >= 11 is 0. The smallest absolute Gasteiger partial charge is 0.00767 e. The first-order valence-electron chi connectivity index (χ1n) is 12.7. The van der Waals surface area contributed by atoms with Crippen molar-refractivity contribution < 1.29 is 0 Å². The van der Waals surface area contributed by atoms with Gasteiger partial charge in [-0.05, 0) is 117 Å². The van der Waals surface area contributed by atoms with Gasteiger partial charge in [-0.25, -0.2) is 0 Å². The largest absolute Gasteiger partial charge is 0.317 e. The van der Waals surface area contributed by atoms with Crippen LogP contribution in [0.25, 0.3) is 0 Å². The molecule has 8 heteroatoms. The quantitative estimate of drug-likeness (QED) is 0.250. The zero-order valence-corrected chi connectivity index (χ0v) is 19.6. The third kappa shape index (κ3) is 22.4. The molecule has 0 aromatic heterocycles. The van der Waals surface area contributed by atoms with E-state index in [0.717, 1.165) is 105 Å². The number of hydrogen-bond acceptors (Lipinski definition) is 8. The lowest BCUT2D eigenvalue weighted by atomic mass is 10.3. The first kappa shape index (κ1) is 27.7. The lowest BCUT2D eigenvalue weighted by Crippen LogP contribution is -2.30. The Bertz CT molecular complexity index is 172. The van der Waals surface area contributed by atoms with Gasteiger partial charge in [-0.15, -0.1) is 0 Å². The molecule has 0 spiro atoms. The van der Waals surface area contributed by atoms with Crippen molar-refractivity contribution in [3.63, 3.8) is 0 Å². The minimum absolute atomic E-state index is 1.09. The summed E-state index contributed by atoms with van der Waals surface area (Å²) < 4.78 is 0. The highest BCUT2D eigenvalue weighted by atomic mass is 15.0. The van der Waals surface area contributed by atoms with Crippen LogP contribution in [0.1, 0.15) is 38.5 Å². The van der Waals surface area contributed by atoms with Gasteiger partial charge in [0.25, 0.3) is 0 Å². The molecule has 2 aliphatic heterocycles. The molecule has 8 N–H and O–H groups in total. The van der Waals surface area contributed by atoms with Crippen LogP contribution in [0.2, 0.25) is 0 Å². The van der Waals surface area contributed by atoms with Gasteiger partial charge in [0, 0.05) is 26.2 Å². The zero-order valence-electron chi connectivity index (χ0n) is 19.6. The molecular formula is C22H52N8. The second-order valence-corrected chi connectivity index (χ2v) is 8.12. The Labute approximate surface area is 186 Å². The summed E-state index contributed by atoms with van der Waals surface area (Å²) in [4.78, 5) is 0. The SMILES string of the molecule is C1CNCCCNCCNCCCNC1.C1CNCCCNCCNCCCNC1. The highest BCUT2D eigenvalue weighted by molar-refractivity contribution is 4.59. The molecule has 2 rings (SSSR count). The average Bonchev–Trinajstić information content (AvgIpc) is 2.78. The Morgan fingerprint density at radius 2 is 0.300 bits per heavy atom. The molecule has 2 aliphatic rings. The fraction of sp³-hybridized carbons (Fsp3) is 1.00. The normalized spacial score (nSPS) is 24.0. The van der Waals surface area contributed by atoms with Gasteiger partial charge in [-0.1, -0.05) is 0 Å². The highest BCUT2D eigenvalue weighted by Gasteiger charge is 1.94. The van der Waals surface area contributed by atoms with Crippen molar-refractivity contribution in [3.05, 3.63) is 0 Å². The standard InChI is InChI=1S/2C11H26N4/c2*1-4-12-6-2-8-14-10-11-15-9-3-7-13-5-1/h2*12-15H,1-11H2. The number of nitrogens with one attached hydrogen (secondary N) is 8. The predicted molar refractivity (Wildman–Crippen MR) is 131 cm³/mol. The van der Waals surface area contributed by atoms with Crippen LogP contribution in [0, 0.1) is 0 Å². The molecule has 0 amide bonds. The molecule has 2 saturated heterocycles. The molecule has 8 nitrogen and oxygen atoms in total. The van der Waals surface area contributed by atoms with Crippen LogP contribution in [0.3, 0.4) is 0 Å². The van der Waals surface area contributed by atoms with Gasteiger partial charge in [0.1, 0.15) is 0 Å². The van der Waals surface area contributed by atoms with Crippen LogP contribution in [0.15, 0.2) is 0 Å². The molecule has 0 radical (unpaired) electrons. The molecule has 2 fully saturated rings. The molecular weight excluding hydrogens is 376 g/mol. The fourth-order valence-corrected chi connectivity index (χ4v) is 3.38. The van der Waals surface area contributed by atoms with Gasteiger partial charge in [0.05, 0.1) is 0 Å². The number of rotatable bonds is 0. The van der Waals surface area contributed by atoms with Crippen LogP contribution >= 0.6 is 0 Å². The van der Waals surface area contributed by atoms with E-state index in [1.165, 1.54) is 38.5 Å². The topological polar surface area (TPSA) is 96.2 Å². The average molecular weight is 429 g/mol. The molecule has 180 valence electrons. The monoisotopic (exact) mass is 428 g/mol. The first-order valence-corrected chi connectivity index (χ1v) is 12.7. The lowest BCUT2D eigenvalue weighted by Gasteiger charge is -2.06. The number of hydrogen-bond donors (Lipinski definition) is 8. The summed E-state index contributed by atoms with van der Waals surface area (Å²) in [5.74, 6) is 0. The van der Waals surface area contributed by atoms with Gasteiger partial charge in [-0.3, -0.25) is 0 Å². The maximum atomic E-state index is 3.46. The van der Waals surface area contributed by atoms with E-state index in [9.17, 15) is 0 Å². The molecule has 0 bridgehead atoms. The third-order valence-electron chi connectivity index (χ3n) is 5.20. The minimum atomic E-state index is 1.09. The van der Waals surface area contributed by atoms with Gasteiger partial charge in [-0.2, -0.15) is 0 Å². The van der Waals surface area contributed by atoms with Crippen molar-refractivity contribution in [2.24, 2.45) is 0 Å². The van der Waals surface area contributed by atoms with Crippen molar-refractivity contribution in [1.82, 2.24) is 42.5 Å². The molecule has 30 heavy (non-hydrogen) atoms. The Morgan fingerprint density at radius 3 is 0.467 bits per heavy atom. The van der Waals surface area contributed by atoms with Crippen molar-refractivity contribution in [1.29, 1.82) is 0 Å². The van der Waals surface area contributed by atoms with E-state index >= 15 is 0 Å². The second kappa shape index (κ2) is 24.9. The van der Waals surface area contributed by atoms with Crippen LogP contribution in [-0.2, 0) is 0 Å². The Hall–Kier alpha value is -0.320. The molecule has 2 heterocycles. The summed E-state index contributed by atoms with van der Waals surface area (Å²) in [6, 6.07) is 0. The molecule has 0 atom stereocenters. The zero-order chi connectivity index (χ0) is 21.2. The van der Waals surface area contributed by atoms with Crippen LogP contribution < -0.4 is 42.5 Å². The van der Waals surface area contributed by atoms with Crippen molar-refractivity contribution in [3.8, 4) is 0 Å². The van der Waals surface area contributed by atoms with E-state index in [0.29, 0.717) is 0 Å². The van der Waals surface area contributed by atoms with Gasteiger partial charge in [0.2, 0.25) is 0 Å². The predicted octanol–water partition coefficient (Wildman–Crippen LogP) is -0.943. The lowest BCUT2D eigenvalue weighted by molar-refractivity contribution is 0.571. The third-order valence-corrected chi connectivity index (χ3v) is 5.20. The second-order valence-electron chi connectivity index (χ2n) is 8.12. The van der Waals surface area contributed by atoms with E-state index in [1.54, 1.807) is 0 Å². The van der Waals surface area contributed by atoms with Gasteiger partial charge < -0.3 is 42.5 Å². The Kier molecular flexibility index (Phi) is 23.0. The Morgan fingerprint density at radius 1 is 0.167 bits per heavy atom. The van der Waals surface area contributed by atoms with E-state index in [2.05, 4.69) is 42.5 Å². The van der Waals surface area contributed by atoms with Crippen molar-refractivity contribution in [2.75, 3.05) is 105 Å². The van der Waals surface area contributed by atoms with Crippen LogP contribution in [0.4, 0.5) is 0 Å². The minimum Gasteiger partial charge on any atom is -0.317 e. The molecule has 0 unspecified atom stereocenters. The molecule has 0 saturated carbocycles. The Balaban J connectivity index is 0.000000300. The van der Waals surface area contributed by atoms with Crippen molar-refractivity contribution >= 4 is 0 Å². The summed E-state index contributed by atoms with van der Waals surface area (Å²) in [5.41, 5.74) is 0. The molecule has 0 aliphatic carbocycles. The van der Waals surface area contributed by atoms with Crippen molar-refractivity contribution in [2.45, 2.75) is 38.5 Å². The van der Waals surface area contributed by atoms with Crippen LogP contribution in [-0.4, -0.2) is 105 Å². The van der Waals surface area contributed by atoms with Crippen LogP contribution in [0.5, 0.6) is 0 Å². The summed E-state index contributed by atoms with van der Waals surface area (Å²) in [5, 5.41) is 27.6. The first-order chi connectivity index (χ1) is 15.0. The van der Waals surface area contributed by atoms with Gasteiger partial charge in [0.15, 0.2) is 0 Å². The van der Waals surface area contributed by atoms with Gasteiger partial charge >= 0.3 is 0 Å².